The molecular weight excluding hydrogens is 240 g/mol. The minimum Gasteiger partial charge on any atom is -0.353 e. The van der Waals surface area contributed by atoms with Crippen LogP contribution in [0.25, 0.3) is 10.9 Å². The molecule has 0 bridgehead atoms. The summed E-state index contributed by atoms with van der Waals surface area (Å²) in [6, 6.07) is 20.2. The monoisotopic (exact) mass is 252 g/mol. The van der Waals surface area contributed by atoms with E-state index in [2.05, 4.69) is 22.4 Å². The van der Waals surface area contributed by atoms with Gasteiger partial charge >= 0.3 is 0 Å². The molecule has 0 spiro atoms. The molecule has 1 aromatic heterocycles. The number of fused-ring (bicyclic) bond motifs is 1. The number of hydrogen-bond acceptors (Lipinski definition) is 2. The molecule has 0 aliphatic rings. The number of hydrogen-bond donors (Lipinski definition) is 2. The molecule has 0 aliphatic carbocycles. The van der Waals surface area contributed by atoms with Crippen LogP contribution in [0.4, 0.5) is 11.4 Å². The Morgan fingerprint density at radius 1 is 0.889 bits per heavy atom. The second kappa shape index (κ2) is 4.63. The molecule has 0 amide bonds. The highest BCUT2D eigenvalue weighted by atomic mass is 32.1. The maximum Gasteiger partial charge on any atom is 0.127 e. The largest absolute Gasteiger partial charge is 0.353 e. The molecule has 0 aliphatic heterocycles. The van der Waals surface area contributed by atoms with Crippen LogP contribution in [0.1, 0.15) is 0 Å². The molecule has 0 radical (unpaired) electrons. The Kier molecular flexibility index (Phi) is 2.82. The van der Waals surface area contributed by atoms with Crippen molar-refractivity contribution in [1.29, 1.82) is 0 Å². The lowest BCUT2D eigenvalue weighted by Gasteiger charge is -2.08. The fourth-order valence-corrected chi connectivity index (χ4v) is 2.14. The zero-order valence-electron chi connectivity index (χ0n) is 9.68. The molecule has 0 saturated heterocycles. The van der Waals surface area contributed by atoms with Crippen LogP contribution in [-0.4, -0.2) is 4.98 Å². The highest BCUT2D eigenvalue weighted by Gasteiger charge is 1.99. The average Bonchev–Trinajstić information content (AvgIpc) is 2.41. The van der Waals surface area contributed by atoms with E-state index in [0.717, 1.165) is 26.9 Å². The predicted octanol–water partition coefficient (Wildman–Crippen LogP) is 4.64. The van der Waals surface area contributed by atoms with Gasteiger partial charge in [0, 0.05) is 16.6 Å². The maximum atomic E-state index is 5.36. The third kappa shape index (κ3) is 2.13. The molecular formula is C15H12N2S. The first kappa shape index (κ1) is 11.0. The van der Waals surface area contributed by atoms with E-state index in [1.165, 1.54) is 0 Å². The number of rotatable bonds is 2. The van der Waals surface area contributed by atoms with Crippen LogP contribution in [0.5, 0.6) is 0 Å². The standard InChI is InChI=1S/C15H12N2S/c18-15-14(16-12-7-2-1-3-8-12)10-11-6-4-5-9-13(11)17-15/h1-10,16H,(H,17,18). The summed E-state index contributed by atoms with van der Waals surface area (Å²) >= 11 is 5.36. The Morgan fingerprint density at radius 2 is 1.61 bits per heavy atom. The van der Waals surface area contributed by atoms with Crippen molar-refractivity contribution in [2.75, 3.05) is 5.32 Å². The molecule has 88 valence electrons. The van der Waals surface area contributed by atoms with Gasteiger partial charge in [-0.05, 0) is 24.3 Å². The van der Waals surface area contributed by atoms with E-state index in [1.54, 1.807) is 0 Å². The van der Waals surface area contributed by atoms with Crippen molar-refractivity contribution in [2.45, 2.75) is 0 Å². The number of pyridine rings is 1. The lowest BCUT2D eigenvalue weighted by atomic mass is 10.2. The first-order valence-corrected chi connectivity index (χ1v) is 6.18. The quantitative estimate of drug-likeness (QED) is 0.650. The van der Waals surface area contributed by atoms with Gasteiger partial charge in [-0.25, -0.2) is 0 Å². The summed E-state index contributed by atoms with van der Waals surface area (Å²) in [5.41, 5.74) is 3.02. The fraction of sp³-hybridized carbons (Fsp3) is 0. The molecule has 2 N–H and O–H groups in total. The summed E-state index contributed by atoms with van der Waals surface area (Å²) in [6.45, 7) is 0. The van der Waals surface area contributed by atoms with Crippen molar-refractivity contribution in [3.63, 3.8) is 0 Å². The van der Waals surface area contributed by atoms with Crippen molar-refractivity contribution >= 4 is 34.5 Å². The Balaban J connectivity index is 2.07. The van der Waals surface area contributed by atoms with Gasteiger partial charge in [0.15, 0.2) is 0 Å². The number of nitrogens with one attached hydrogen (secondary N) is 2. The zero-order chi connectivity index (χ0) is 12.4. The van der Waals surface area contributed by atoms with E-state index in [0.29, 0.717) is 0 Å². The predicted molar refractivity (Wildman–Crippen MR) is 78.9 cm³/mol. The van der Waals surface area contributed by atoms with Crippen LogP contribution in [0.15, 0.2) is 60.7 Å². The SMILES string of the molecule is S=c1[nH]c2ccccc2cc1Nc1ccccc1. The van der Waals surface area contributed by atoms with E-state index in [9.17, 15) is 0 Å². The minimum absolute atomic E-state index is 0.720. The van der Waals surface area contributed by atoms with Gasteiger partial charge in [0.2, 0.25) is 0 Å². The van der Waals surface area contributed by atoms with Gasteiger partial charge in [-0.1, -0.05) is 48.6 Å². The number of aromatic amines is 1. The third-order valence-electron chi connectivity index (χ3n) is 2.81. The summed E-state index contributed by atoms with van der Waals surface area (Å²) in [5.74, 6) is 0. The highest BCUT2D eigenvalue weighted by Crippen LogP contribution is 2.21. The van der Waals surface area contributed by atoms with Crippen LogP contribution in [-0.2, 0) is 0 Å². The van der Waals surface area contributed by atoms with Crippen molar-refractivity contribution in [1.82, 2.24) is 4.98 Å². The fourth-order valence-electron chi connectivity index (χ4n) is 1.92. The van der Waals surface area contributed by atoms with Crippen LogP contribution in [0, 0.1) is 4.64 Å². The molecule has 0 atom stereocenters. The summed E-state index contributed by atoms with van der Waals surface area (Å²) in [4.78, 5) is 3.23. The number of anilines is 2. The zero-order valence-corrected chi connectivity index (χ0v) is 10.5. The van der Waals surface area contributed by atoms with Crippen LogP contribution in [0.2, 0.25) is 0 Å². The van der Waals surface area contributed by atoms with Crippen LogP contribution in [0.3, 0.4) is 0 Å². The topological polar surface area (TPSA) is 27.8 Å². The molecule has 3 rings (SSSR count). The lowest BCUT2D eigenvalue weighted by molar-refractivity contribution is 1.36. The Morgan fingerprint density at radius 3 is 2.44 bits per heavy atom. The van der Waals surface area contributed by atoms with Crippen molar-refractivity contribution < 1.29 is 0 Å². The molecule has 1 heterocycles. The normalized spacial score (nSPS) is 10.4. The maximum absolute atomic E-state index is 5.36. The van der Waals surface area contributed by atoms with Crippen LogP contribution < -0.4 is 5.32 Å². The molecule has 2 aromatic carbocycles. The van der Waals surface area contributed by atoms with Crippen molar-refractivity contribution in [3.8, 4) is 0 Å². The second-order valence-corrected chi connectivity index (χ2v) is 4.50. The van der Waals surface area contributed by atoms with Crippen molar-refractivity contribution in [2.24, 2.45) is 0 Å². The molecule has 18 heavy (non-hydrogen) atoms. The van der Waals surface area contributed by atoms with Crippen LogP contribution >= 0.6 is 12.2 Å². The molecule has 3 heteroatoms. The summed E-state index contributed by atoms with van der Waals surface area (Å²) < 4.78 is 0.720. The first-order chi connectivity index (χ1) is 8.83. The summed E-state index contributed by atoms with van der Waals surface area (Å²) in [5, 5.41) is 4.47. The molecule has 0 unspecified atom stereocenters. The third-order valence-corrected chi connectivity index (χ3v) is 3.13. The van der Waals surface area contributed by atoms with E-state index in [1.807, 2.05) is 48.5 Å². The smallest absolute Gasteiger partial charge is 0.127 e. The number of aromatic nitrogens is 1. The Hall–Kier alpha value is -2.13. The molecule has 3 aromatic rings. The highest BCUT2D eigenvalue weighted by molar-refractivity contribution is 7.71. The average molecular weight is 252 g/mol. The summed E-state index contributed by atoms with van der Waals surface area (Å²) in [6.07, 6.45) is 0. The van der Waals surface area contributed by atoms with Gasteiger partial charge in [0.1, 0.15) is 4.64 Å². The van der Waals surface area contributed by atoms with E-state index >= 15 is 0 Å². The summed E-state index contributed by atoms with van der Waals surface area (Å²) in [7, 11) is 0. The Bertz CT molecular complexity index is 732. The Labute approximate surface area is 110 Å². The van der Waals surface area contributed by atoms with Gasteiger partial charge in [-0.2, -0.15) is 0 Å². The van der Waals surface area contributed by atoms with Gasteiger partial charge in [0.25, 0.3) is 0 Å². The number of H-pyrrole nitrogens is 1. The van der Waals surface area contributed by atoms with Gasteiger partial charge in [0.05, 0.1) is 5.69 Å². The number of para-hydroxylation sites is 2. The van der Waals surface area contributed by atoms with Gasteiger partial charge < -0.3 is 10.3 Å². The van der Waals surface area contributed by atoms with E-state index in [-0.39, 0.29) is 0 Å². The molecule has 2 nitrogen and oxygen atoms in total. The molecule has 0 saturated carbocycles. The first-order valence-electron chi connectivity index (χ1n) is 5.77. The van der Waals surface area contributed by atoms with E-state index in [4.69, 9.17) is 12.2 Å². The molecule has 0 fully saturated rings. The lowest BCUT2D eigenvalue weighted by Crippen LogP contribution is -1.92. The van der Waals surface area contributed by atoms with E-state index < -0.39 is 0 Å². The van der Waals surface area contributed by atoms with Gasteiger partial charge in [-0.15, -0.1) is 0 Å². The van der Waals surface area contributed by atoms with Crippen molar-refractivity contribution in [3.05, 3.63) is 65.3 Å². The van der Waals surface area contributed by atoms with Gasteiger partial charge in [-0.3, -0.25) is 0 Å². The minimum atomic E-state index is 0.720. The number of benzene rings is 2. The second-order valence-electron chi connectivity index (χ2n) is 4.09.